The van der Waals surface area contributed by atoms with Gasteiger partial charge in [0, 0.05) is 30.6 Å². The molecule has 2 aromatic carbocycles. The van der Waals surface area contributed by atoms with Crippen LogP contribution in [0.2, 0.25) is 0 Å². The summed E-state index contributed by atoms with van der Waals surface area (Å²) in [6, 6.07) is 14.3. The number of amides is 4. The van der Waals surface area contributed by atoms with Crippen molar-refractivity contribution >= 4 is 29.3 Å². The van der Waals surface area contributed by atoms with Crippen LogP contribution in [-0.4, -0.2) is 36.2 Å². The topological polar surface area (TPSA) is 130 Å². The molecule has 0 saturated heterocycles. The fourth-order valence-corrected chi connectivity index (χ4v) is 2.60. The molecule has 0 aromatic heterocycles. The molecule has 0 fully saturated rings. The first-order chi connectivity index (χ1) is 13.8. The second-order valence-electron chi connectivity index (χ2n) is 6.48. The molecule has 2 rings (SSSR count). The summed E-state index contributed by atoms with van der Waals surface area (Å²) in [6.07, 6.45) is 0.290. The minimum atomic E-state index is -0.846. The molecular formula is C21H24N4O4. The fourth-order valence-electron chi connectivity index (χ4n) is 2.60. The average molecular weight is 396 g/mol. The molecule has 1 unspecified atom stereocenters. The van der Waals surface area contributed by atoms with Gasteiger partial charge in [-0.3, -0.25) is 14.4 Å². The molecule has 0 aliphatic heterocycles. The Morgan fingerprint density at radius 2 is 1.62 bits per heavy atom. The van der Waals surface area contributed by atoms with Crippen LogP contribution in [0, 0.1) is 0 Å². The normalized spacial score (nSPS) is 11.2. The number of rotatable bonds is 9. The van der Waals surface area contributed by atoms with Gasteiger partial charge in [0.1, 0.15) is 6.04 Å². The van der Waals surface area contributed by atoms with E-state index in [9.17, 15) is 19.2 Å². The molecular weight excluding hydrogens is 372 g/mol. The number of nitrogens with two attached hydrogens (primary N) is 1. The molecule has 152 valence electrons. The molecule has 1 atom stereocenters. The molecule has 4 amide bonds. The van der Waals surface area contributed by atoms with Crippen LogP contribution in [0.1, 0.15) is 29.3 Å². The van der Waals surface area contributed by atoms with Gasteiger partial charge in [0.15, 0.2) is 5.78 Å². The Balaban J connectivity index is 2.02. The van der Waals surface area contributed by atoms with Crippen molar-refractivity contribution in [2.45, 2.75) is 25.8 Å². The van der Waals surface area contributed by atoms with Crippen molar-refractivity contribution in [3.05, 3.63) is 65.7 Å². The van der Waals surface area contributed by atoms with Crippen LogP contribution in [0.4, 0.5) is 10.5 Å². The summed E-state index contributed by atoms with van der Waals surface area (Å²) in [5.41, 5.74) is 6.97. The van der Waals surface area contributed by atoms with Gasteiger partial charge in [-0.1, -0.05) is 30.3 Å². The molecule has 5 N–H and O–H groups in total. The number of primary amides is 1. The highest BCUT2D eigenvalue weighted by Crippen LogP contribution is 2.10. The third-order valence-corrected chi connectivity index (χ3v) is 4.12. The molecule has 0 bridgehead atoms. The predicted molar refractivity (Wildman–Crippen MR) is 109 cm³/mol. The zero-order chi connectivity index (χ0) is 21.2. The highest BCUT2D eigenvalue weighted by Gasteiger charge is 2.21. The Morgan fingerprint density at radius 1 is 0.966 bits per heavy atom. The van der Waals surface area contributed by atoms with E-state index in [4.69, 9.17) is 5.73 Å². The first kappa shape index (κ1) is 21.6. The number of hydrogen-bond acceptors (Lipinski definition) is 4. The first-order valence-corrected chi connectivity index (χ1v) is 9.13. The minimum absolute atomic E-state index is 0.0124. The number of ketones is 1. The van der Waals surface area contributed by atoms with Gasteiger partial charge in [-0.05, 0) is 36.8 Å². The van der Waals surface area contributed by atoms with Crippen molar-refractivity contribution in [2.24, 2.45) is 5.73 Å². The first-order valence-electron chi connectivity index (χ1n) is 9.13. The van der Waals surface area contributed by atoms with E-state index in [2.05, 4.69) is 16.0 Å². The second-order valence-corrected chi connectivity index (χ2v) is 6.48. The van der Waals surface area contributed by atoms with E-state index >= 15 is 0 Å². The Bertz CT molecular complexity index is 866. The van der Waals surface area contributed by atoms with Gasteiger partial charge in [0.25, 0.3) is 0 Å². The van der Waals surface area contributed by atoms with Gasteiger partial charge < -0.3 is 21.7 Å². The van der Waals surface area contributed by atoms with Crippen LogP contribution >= 0.6 is 0 Å². The lowest BCUT2D eigenvalue weighted by atomic mass is 10.1. The fraction of sp³-hybridized carbons (Fsp3) is 0.238. The molecule has 8 heteroatoms. The van der Waals surface area contributed by atoms with Crippen molar-refractivity contribution in [2.75, 3.05) is 11.9 Å². The molecule has 0 saturated carbocycles. The number of Topliss-reactive ketones (excluding diaryl/α,β-unsaturated/α-hetero) is 1. The van der Waals surface area contributed by atoms with Gasteiger partial charge >= 0.3 is 6.03 Å². The lowest BCUT2D eigenvalue weighted by molar-refractivity contribution is -0.123. The summed E-state index contributed by atoms with van der Waals surface area (Å²) in [4.78, 5) is 47.1. The monoisotopic (exact) mass is 396 g/mol. The molecule has 0 aliphatic carbocycles. The van der Waals surface area contributed by atoms with Crippen molar-refractivity contribution < 1.29 is 19.2 Å². The zero-order valence-corrected chi connectivity index (χ0v) is 16.1. The third kappa shape index (κ3) is 7.45. The standard InChI is InChI=1S/C21H24N4O4/c1-14(26)16-7-9-17(10-8-16)24-21(29)25-18(13-15-5-3-2-4-6-15)20(28)23-12-11-19(22)27/h2-10,18H,11-13H2,1H3,(H2,22,27)(H,23,28)(H2,24,25,29). The van der Waals surface area contributed by atoms with E-state index < -0.39 is 23.9 Å². The largest absolute Gasteiger partial charge is 0.370 e. The van der Waals surface area contributed by atoms with Gasteiger partial charge in [-0.15, -0.1) is 0 Å². The minimum Gasteiger partial charge on any atom is -0.370 e. The average Bonchev–Trinajstić information content (AvgIpc) is 2.68. The molecule has 2 aromatic rings. The number of hydrogen-bond donors (Lipinski definition) is 4. The maximum Gasteiger partial charge on any atom is 0.319 e. The van der Waals surface area contributed by atoms with Crippen molar-refractivity contribution in [1.29, 1.82) is 0 Å². The Labute approximate surface area is 168 Å². The molecule has 29 heavy (non-hydrogen) atoms. The quantitative estimate of drug-likeness (QED) is 0.480. The highest BCUT2D eigenvalue weighted by atomic mass is 16.2. The molecule has 0 heterocycles. The van der Waals surface area contributed by atoms with Crippen molar-refractivity contribution in [3.63, 3.8) is 0 Å². The van der Waals surface area contributed by atoms with Crippen molar-refractivity contribution in [3.8, 4) is 0 Å². The summed E-state index contributed by atoms with van der Waals surface area (Å²) < 4.78 is 0. The number of nitrogens with one attached hydrogen (secondary N) is 3. The summed E-state index contributed by atoms with van der Waals surface area (Å²) in [5, 5.41) is 7.89. The summed E-state index contributed by atoms with van der Waals surface area (Å²) in [7, 11) is 0. The summed E-state index contributed by atoms with van der Waals surface area (Å²) >= 11 is 0. The Hall–Kier alpha value is -3.68. The van der Waals surface area contributed by atoms with Crippen LogP contribution in [-0.2, 0) is 16.0 Å². The number of urea groups is 1. The third-order valence-electron chi connectivity index (χ3n) is 4.12. The van der Waals surface area contributed by atoms with Crippen molar-refractivity contribution in [1.82, 2.24) is 10.6 Å². The van der Waals surface area contributed by atoms with Gasteiger partial charge in [-0.2, -0.15) is 0 Å². The van der Waals surface area contributed by atoms with Gasteiger partial charge in [-0.25, -0.2) is 4.79 Å². The highest BCUT2D eigenvalue weighted by molar-refractivity contribution is 5.96. The maximum absolute atomic E-state index is 12.5. The Kier molecular flexibility index (Phi) is 7.90. The van der Waals surface area contributed by atoms with Crippen LogP contribution in [0.15, 0.2) is 54.6 Å². The number of carbonyl (C=O) groups excluding carboxylic acids is 4. The van der Waals surface area contributed by atoms with Gasteiger partial charge in [0.2, 0.25) is 11.8 Å². The van der Waals surface area contributed by atoms with E-state index in [1.54, 1.807) is 24.3 Å². The van der Waals surface area contributed by atoms with E-state index in [0.717, 1.165) is 5.56 Å². The van der Waals surface area contributed by atoms with E-state index in [-0.39, 0.29) is 25.2 Å². The number of anilines is 1. The SMILES string of the molecule is CC(=O)c1ccc(NC(=O)NC(Cc2ccccc2)C(=O)NCCC(N)=O)cc1. The molecule has 8 nitrogen and oxygen atoms in total. The van der Waals surface area contributed by atoms with Crippen LogP contribution in [0.5, 0.6) is 0 Å². The number of carbonyl (C=O) groups is 4. The van der Waals surface area contributed by atoms with Crippen LogP contribution in [0.3, 0.4) is 0 Å². The number of benzene rings is 2. The van der Waals surface area contributed by atoms with Crippen LogP contribution < -0.4 is 21.7 Å². The van der Waals surface area contributed by atoms with Gasteiger partial charge in [0.05, 0.1) is 0 Å². The lowest BCUT2D eigenvalue weighted by Gasteiger charge is -2.19. The smallest absolute Gasteiger partial charge is 0.319 e. The predicted octanol–water partition coefficient (Wildman–Crippen LogP) is 1.61. The molecule has 0 aliphatic rings. The molecule has 0 spiro atoms. The summed E-state index contributed by atoms with van der Waals surface area (Å²) in [5.74, 6) is -1.02. The summed E-state index contributed by atoms with van der Waals surface area (Å²) in [6.45, 7) is 1.55. The zero-order valence-electron chi connectivity index (χ0n) is 16.1. The van der Waals surface area contributed by atoms with E-state index in [0.29, 0.717) is 11.3 Å². The van der Waals surface area contributed by atoms with Crippen LogP contribution in [0.25, 0.3) is 0 Å². The van der Waals surface area contributed by atoms with E-state index in [1.165, 1.54) is 6.92 Å². The Morgan fingerprint density at radius 3 is 2.21 bits per heavy atom. The maximum atomic E-state index is 12.5. The molecule has 0 radical (unpaired) electrons. The lowest BCUT2D eigenvalue weighted by Crippen LogP contribution is -2.49. The van der Waals surface area contributed by atoms with E-state index in [1.807, 2.05) is 30.3 Å². The second kappa shape index (κ2) is 10.6.